The van der Waals surface area contributed by atoms with Crippen LogP contribution in [-0.4, -0.2) is 15.0 Å². The van der Waals surface area contributed by atoms with Crippen molar-refractivity contribution >= 4 is 34.2 Å². The molecule has 2 aromatic heterocycles. The van der Waals surface area contributed by atoms with Gasteiger partial charge in [-0.2, -0.15) is 13.2 Å². The fourth-order valence-corrected chi connectivity index (χ4v) is 2.35. The van der Waals surface area contributed by atoms with Gasteiger partial charge in [-0.05, 0) is 24.3 Å². The van der Waals surface area contributed by atoms with Gasteiger partial charge in [-0.15, -0.1) is 0 Å². The summed E-state index contributed by atoms with van der Waals surface area (Å²) in [6, 6.07) is 4.72. The van der Waals surface area contributed by atoms with Gasteiger partial charge in [-0.1, -0.05) is 23.2 Å². The van der Waals surface area contributed by atoms with E-state index in [4.69, 9.17) is 23.2 Å². The summed E-state index contributed by atoms with van der Waals surface area (Å²) in [5, 5.41) is 0.532. The molecule has 0 aliphatic heterocycles. The highest BCUT2D eigenvalue weighted by atomic mass is 35.5. The molecule has 0 aliphatic rings. The molecule has 0 radical (unpaired) electrons. The van der Waals surface area contributed by atoms with Crippen LogP contribution >= 0.6 is 23.2 Å². The normalized spacial score (nSPS) is 12.0. The fourth-order valence-electron chi connectivity index (χ4n) is 1.90. The van der Waals surface area contributed by atoms with Gasteiger partial charge >= 0.3 is 6.18 Å². The Morgan fingerprint density at radius 3 is 2.52 bits per heavy atom. The molecule has 3 aromatic rings. The standard InChI is InChI=1S/C13H6Cl2F3N3/c14-8-4-11(15)19-5-7(8)12-20-9-2-1-6(13(16,17)18)3-10(9)21-12/h1-5H,(H,20,21). The maximum absolute atomic E-state index is 12.7. The van der Waals surface area contributed by atoms with Gasteiger partial charge in [0.25, 0.3) is 0 Å². The summed E-state index contributed by atoms with van der Waals surface area (Å²) in [6.45, 7) is 0. The summed E-state index contributed by atoms with van der Waals surface area (Å²) in [5.74, 6) is 0.332. The zero-order chi connectivity index (χ0) is 15.2. The van der Waals surface area contributed by atoms with Gasteiger partial charge in [0.15, 0.2) is 0 Å². The van der Waals surface area contributed by atoms with E-state index in [1.54, 1.807) is 0 Å². The number of hydrogen-bond acceptors (Lipinski definition) is 2. The monoisotopic (exact) mass is 331 g/mol. The minimum Gasteiger partial charge on any atom is -0.338 e. The molecule has 3 nitrogen and oxygen atoms in total. The number of rotatable bonds is 1. The van der Waals surface area contributed by atoms with Gasteiger partial charge in [-0.25, -0.2) is 9.97 Å². The number of benzene rings is 1. The zero-order valence-corrected chi connectivity index (χ0v) is 11.7. The second kappa shape index (κ2) is 4.89. The number of alkyl halides is 3. The summed E-state index contributed by atoms with van der Waals surface area (Å²) >= 11 is 11.7. The quantitative estimate of drug-likeness (QED) is 0.641. The van der Waals surface area contributed by atoms with Crippen LogP contribution in [0.15, 0.2) is 30.5 Å². The lowest BCUT2D eigenvalue weighted by molar-refractivity contribution is -0.137. The number of H-pyrrole nitrogens is 1. The number of halogens is 5. The topological polar surface area (TPSA) is 41.6 Å². The molecule has 0 unspecified atom stereocenters. The van der Waals surface area contributed by atoms with E-state index in [2.05, 4.69) is 15.0 Å². The average molecular weight is 332 g/mol. The van der Waals surface area contributed by atoms with Crippen molar-refractivity contribution in [3.8, 4) is 11.4 Å². The molecule has 0 amide bonds. The number of nitrogens with zero attached hydrogens (tertiary/aromatic N) is 2. The van der Waals surface area contributed by atoms with Crippen LogP contribution in [0.2, 0.25) is 10.2 Å². The first kappa shape index (κ1) is 14.2. The molecular formula is C13H6Cl2F3N3. The predicted octanol–water partition coefficient (Wildman–Crippen LogP) is 4.95. The minimum atomic E-state index is -4.40. The Bertz CT molecular complexity index is 827. The van der Waals surface area contributed by atoms with Crippen molar-refractivity contribution in [3.63, 3.8) is 0 Å². The van der Waals surface area contributed by atoms with Crippen LogP contribution in [-0.2, 0) is 6.18 Å². The second-order valence-electron chi connectivity index (χ2n) is 4.30. The number of aromatic nitrogens is 3. The summed E-state index contributed by atoms with van der Waals surface area (Å²) in [6.07, 6.45) is -2.99. The van der Waals surface area contributed by atoms with Gasteiger partial charge in [0.2, 0.25) is 0 Å². The third-order valence-corrected chi connectivity index (χ3v) is 3.40. The number of imidazole rings is 1. The van der Waals surface area contributed by atoms with Gasteiger partial charge < -0.3 is 4.98 Å². The third-order valence-electron chi connectivity index (χ3n) is 2.88. The molecule has 8 heteroatoms. The van der Waals surface area contributed by atoms with E-state index in [1.807, 2.05) is 0 Å². The number of hydrogen-bond donors (Lipinski definition) is 1. The largest absolute Gasteiger partial charge is 0.416 e. The van der Waals surface area contributed by atoms with E-state index in [9.17, 15) is 13.2 Å². The first-order valence-corrected chi connectivity index (χ1v) is 6.48. The highest BCUT2D eigenvalue weighted by molar-refractivity contribution is 6.35. The molecule has 0 spiro atoms. The maximum atomic E-state index is 12.7. The van der Waals surface area contributed by atoms with Crippen LogP contribution in [0.3, 0.4) is 0 Å². The van der Waals surface area contributed by atoms with Crippen molar-refractivity contribution in [2.75, 3.05) is 0 Å². The zero-order valence-electron chi connectivity index (χ0n) is 10.2. The lowest BCUT2D eigenvalue weighted by Crippen LogP contribution is -2.04. The number of pyridine rings is 1. The number of aromatic amines is 1. The predicted molar refractivity (Wildman–Crippen MR) is 74.3 cm³/mol. The minimum absolute atomic E-state index is 0.221. The SMILES string of the molecule is FC(F)(F)c1ccc2nc(-c3cnc(Cl)cc3Cl)[nH]c2c1. The molecule has 1 N–H and O–H groups in total. The highest BCUT2D eigenvalue weighted by Gasteiger charge is 2.30. The van der Waals surface area contributed by atoms with Gasteiger partial charge in [0, 0.05) is 6.20 Å². The molecule has 108 valence electrons. The number of nitrogens with one attached hydrogen (secondary N) is 1. The lowest BCUT2D eigenvalue weighted by atomic mass is 10.2. The molecule has 21 heavy (non-hydrogen) atoms. The summed E-state index contributed by atoms with van der Waals surface area (Å²) < 4.78 is 38.0. The molecule has 0 aliphatic carbocycles. The van der Waals surface area contributed by atoms with E-state index in [-0.39, 0.29) is 10.7 Å². The van der Waals surface area contributed by atoms with E-state index in [0.717, 1.165) is 12.1 Å². The molecule has 0 saturated heterocycles. The van der Waals surface area contributed by atoms with Gasteiger partial charge in [0.05, 0.1) is 27.2 Å². The Kier molecular flexibility index (Phi) is 3.30. The molecule has 0 saturated carbocycles. The smallest absolute Gasteiger partial charge is 0.338 e. The van der Waals surface area contributed by atoms with Crippen molar-refractivity contribution in [3.05, 3.63) is 46.2 Å². The summed E-state index contributed by atoms with van der Waals surface area (Å²) in [7, 11) is 0. The molecule has 2 heterocycles. The van der Waals surface area contributed by atoms with Crippen molar-refractivity contribution in [2.24, 2.45) is 0 Å². The van der Waals surface area contributed by atoms with Crippen molar-refractivity contribution in [1.29, 1.82) is 0 Å². The maximum Gasteiger partial charge on any atom is 0.416 e. The van der Waals surface area contributed by atoms with Crippen LogP contribution in [0.4, 0.5) is 13.2 Å². The highest BCUT2D eigenvalue weighted by Crippen LogP contribution is 2.33. The van der Waals surface area contributed by atoms with Crippen molar-refractivity contribution in [2.45, 2.75) is 6.18 Å². The van der Waals surface area contributed by atoms with Gasteiger partial charge in [-0.3, -0.25) is 0 Å². The van der Waals surface area contributed by atoms with Crippen molar-refractivity contribution in [1.82, 2.24) is 15.0 Å². The molecule has 1 aromatic carbocycles. The fraction of sp³-hybridized carbons (Fsp3) is 0.0769. The molecular weight excluding hydrogens is 326 g/mol. The first-order valence-electron chi connectivity index (χ1n) is 5.73. The Morgan fingerprint density at radius 1 is 1.10 bits per heavy atom. The average Bonchev–Trinajstić information content (AvgIpc) is 2.79. The summed E-state index contributed by atoms with van der Waals surface area (Å²) in [5.41, 5.74) is 0.395. The number of fused-ring (bicyclic) bond motifs is 1. The van der Waals surface area contributed by atoms with Crippen LogP contribution in [0.25, 0.3) is 22.4 Å². The molecule has 3 rings (SSSR count). The van der Waals surface area contributed by atoms with Crippen LogP contribution in [0.5, 0.6) is 0 Å². The third kappa shape index (κ3) is 2.69. The van der Waals surface area contributed by atoms with Crippen LogP contribution in [0.1, 0.15) is 5.56 Å². The second-order valence-corrected chi connectivity index (χ2v) is 5.10. The lowest BCUT2D eigenvalue weighted by Gasteiger charge is -2.05. The Morgan fingerprint density at radius 2 is 1.86 bits per heavy atom. The van der Waals surface area contributed by atoms with E-state index < -0.39 is 11.7 Å². The molecule has 0 fully saturated rings. The van der Waals surface area contributed by atoms with Crippen LogP contribution in [0, 0.1) is 0 Å². The Labute approximate surface area is 126 Å². The van der Waals surface area contributed by atoms with E-state index >= 15 is 0 Å². The van der Waals surface area contributed by atoms with E-state index in [1.165, 1.54) is 18.3 Å². The van der Waals surface area contributed by atoms with Gasteiger partial charge in [0.1, 0.15) is 11.0 Å². The van der Waals surface area contributed by atoms with Crippen LogP contribution < -0.4 is 0 Å². The van der Waals surface area contributed by atoms with Crippen molar-refractivity contribution < 1.29 is 13.2 Å². The molecule has 0 bridgehead atoms. The molecule has 0 atom stereocenters. The first-order chi connectivity index (χ1) is 9.84. The van der Waals surface area contributed by atoms with E-state index in [0.29, 0.717) is 21.9 Å². The summed E-state index contributed by atoms with van der Waals surface area (Å²) in [4.78, 5) is 10.9. The Hall–Kier alpha value is -1.79. The Balaban J connectivity index is 2.13.